The molecule has 1 unspecified atom stereocenters. The number of pyridine rings is 1. The lowest BCUT2D eigenvalue weighted by Crippen LogP contribution is -2.69. The number of likely N-dealkylation sites (tertiary alicyclic amines) is 1. The summed E-state index contributed by atoms with van der Waals surface area (Å²) in [5.74, 6) is -3.81. The van der Waals surface area contributed by atoms with Crippen molar-refractivity contribution in [1.29, 1.82) is 0 Å². The molecule has 0 radical (unpaired) electrons. The molecule has 3 aromatic heterocycles. The molecule has 3 aromatic rings. The minimum absolute atomic E-state index is 0.00323. The van der Waals surface area contributed by atoms with Crippen molar-refractivity contribution in [3.8, 4) is 5.75 Å². The van der Waals surface area contributed by atoms with Crippen molar-refractivity contribution in [3.63, 3.8) is 0 Å². The molecule has 5 heterocycles. The van der Waals surface area contributed by atoms with Crippen LogP contribution in [0.2, 0.25) is 4.34 Å². The predicted molar refractivity (Wildman–Crippen MR) is 156 cm³/mol. The van der Waals surface area contributed by atoms with E-state index in [0.29, 0.717) is 32.7 Å². The lowest BCUT2D eigenvalue weighted by molar-refractivity contribution is -0.168. The lowest BCUT2D eigenvalue weighted by Gasteiger charge is -2.50. The number of nitrogens with zero attached hydrogens (tertiary/aromatic N) is 3. The van der Waals surface area contributed by atoms with Crippen molar-refractivity contribution in [2.45, 2.75) is 69.1 Å². The highest BCUT2D eigenvalue weighted by molar-refractivity contribution is 7.16. The van der Waals surface area contributed by atoms with Gasteiger partial charge in [0, 0.05) is 47.6 Å². The molecule has 17 heteroatoms. The number of carbonyl (C=O) groups is 3. The predicted octanol–water partition coefficient (Wildman–Crippen LogP) is 7.33. The first-order valence-corrected chi connectivity index (χ1v) is 16.2. The van der Waals surface area contributed by atoms with E-state index in [1.54, 1.807) is 6.92 Å². The summed E-state index contributed by atoms with van der Waals surface area (Å²) in [6.07, 6.45) is -8.31. The molecular weight excluding hydrogens is 684 g/mol. The number of carbonyl (C=O) groups excluding carboxylic acids is 2. The van der Waals surface area contributed by atoms with Gasteiger partial charge < -0.3 is 19.6 Å². The number of aromatic nitrogens is 1. The van der Waals surface area contributed by atoms with Crippen LogP contribution in [-0.2, 0) is 28.4 Å². The second-order valence-electron chi connectivity index (χ2n) is 10.9. The van der Waals surface area contributed by atoms with Crippen molar-refractivity contribution in [2.24, 2.45) is 0 Å². The number of hydrogen-bond acceptors (Lipinski definition) is 7. The van der Waals surface area contributed by atoms with Crippen LogP contribution < -0.4 is 4.74 Å². The van der Waals surface area contributed by atoms with Gasteiger partial charge in [-0.2, -0.15) is 26.3 Å². The molecule has 0 saturated carbocycles. The van der Waals surface area contributed by atoms with E-state index in [1.807, 2.05) is 0 Å². The maximum Gasteiger partial charge on any atom is 0.425 e. The van der Waals surface area contributed by atoms with Gasteiger partial charge in [-0.3, -0.25) is 14.6 Å². The lowest BCUT2D eigenvalue weighted by atomic mass is 9.79. The number of carboxylic acid groups (broad SMARTS) is 1. The Labute approximate surface area is 271 Å². The van der Waals surface area contributed by atoms with Gasteiger partial charge in [-0.15, -0.1) is 22.7 Å². The SMILES string of the molecule is CCC[C@H]1N(C(=O)c2ncccc2C(F)(F)F)CCC[C@@]1(Oc1csc(C(F)(F)F)c1)C(=O)N1CCc2sc(Cl)cc2C1C(=O)O. The van der Waals surface area contributed by atoms with Crippen LogP contribution >= 0.6 is 34.3 Å². The summed E-state index contributed by atoms with van der Waals surface area (Å²) in [7, 11) is 0. The largest absolute Gasteiger partial charge is 0.479 e. The molecule has 1 saturated heterocycles. The Morgan fingerprint density at radius 2 is 1.87 bits per heavy atom. The van der Waals surface area contributed by atoms with Gasteiger partial charge in [0.15, 0.2) is 6.04 Å². The highest BCUT2D eigenvalue weighted by Gasteiger charge is 2.58. The Morgan fingerprint density at radius 1 is 1.13 bits per heavy atom. The zero-order chi connectivity index (χ0) is 33.6. The van der Waals surface area contributed by atoms with Crippen molar-refractivity contribution in [1.82, 2.24) is 14.8 Å². The van der Waals surface area contributed by atoms with Gasteiger partial charge in [0.25, 0.3) is 11.8 Å². The number of ether oxygens (including phenoxy) is 1. The summed E-state index contributed by atoms with van der Waals surface area (Å²) in [6, 6.07) is 1.03. The molecule has 0 aromatic carbocycles. The normalized spacial score (nSPS) is 22.0. The Kier molecular flexibility index (Phi) is 9.36. The fourth-order valence-corrected chi connectivity index (χ4v) is 8.14. The zero-order valence-corrected chi connectivity index (χ0v) is 26.3. The van der Waals surface area contributed by atoms with Crippen LogP contribution in [-0.4, -0.2) is 62.4 Å². The van der Waals surface area contributed by atoms with Gasteiger partial charge >= 0.3 is 18.3 Å². The molecule has 46 heavy (non-hydrogen) atoms. The van der Waals surface area contributed by atoms with Crippen LogP contribution in [0.4, 0.5) is 26.3 Å². The molecule has 8 nitrogen and oxygen atoms in total. The van der Waals surface area contributed by atoms with E-state index in [-0.39, 0.29) is 56.5 Å². The quantitative estimate of drug-likeness (QED) is 0.258. The number of amides is 2. The summed E-state index contributed by atoms with van der Waals surface area (Å²) in [6.45, 7) is 1.47. The highest BCUT2D eigenvalue weighted by Crippen LogP contribution is 2.45. The van der Waals surface area contributed by atoms with E-state index in [1.165, 1.54) is 6.07 Å². The average molecular weight is 710 g/mol. The van der Waals surface area contributed by atoms with Crippen LogP contribution in [0.15, 0.2) is 35.8 Å². The Hall–Kier alpha value is -3.37. The number of rotatable bonds is 7. The first kappa shape index (κ1) is 34.0. The number of aliphatic carboxylic acids is 1. The molecule has 0 bridgehead atoms. The molecule has 0 aliphatic carbocycles. The number of alkyl halides is 6. The van der Waals surface area contributed by atoms with E-state index >= 15 is 0 Å². The van der Waals surface area contributed by atoms with Crippen molar-refractivity contribution in [3.05, 3.63) is 66.8 Å². The van der Waals surface area contributed by atoms with Gasteiger partial charge in [0.05, 0.1) is 15.9 Å². The van der Waals surface area contributed by atoms with E-state index in [2.05, 4.69) is 4.98 Å². The van der Waals surface area contributed by atoms with Crippen LogP contribution in [0.3, 0.4) is 0 Å². The standard InChI is InChI=1S/C29H26ClF6N3O5S2/c1-2-5-19-27(44-15-12-20(45-14-15)29(34,35)36,26(43)39-11-7-18-16(13-21(30)46-18)23(39)25(41)42)8-4-10-38(19)24(40)22-17(28(31,32)33)6-3-9-37-22/h3,6,9,12-14,19,23H,2,4-5,7-8,10-11H2,1H3,(H,41,42)/t19-,23?,27+/m1/s1. The third-order valence-corrected chi connectivity index (χ3v) is 10.3. The maximum absolute atomic E-state index is 14.8. The number of hydrogen-bond donors (Lipinski definition) is 1. The molecule has 2 amide bonds. The summed E-state index contributed by atoms with van der Waals surface area (Å²) in [5.41, 5.74) is -4.10. The van der Waals surface area contributed by atoms with Crippen LogP contribution in [0.1, 0.15) is 70.0 Å². The molecule has 248 valence electrons. The highest BCUT2D eigenvalue weighted by atomic mass is 35.5. The molecule has 1 fully saturated rings. The smallest absolute Gasteiger partial charge is 0.425 e. The van der Waals surface area contributed by atoms with Crippen LogP contribution in [0, 0.1) is 0 Å². The average Bonchev–Trinajstić information content (AvgIpc) is 3.62. The zero-order valence-electron chi connectivity index (χ0n) is 24.0. The topological polar surface area (TPSA) is 100 Å². The monoisotopic (exact) mass is 709 g/mol. The van der Waals surface area contributed by atoms with Gasteiger partial charge in [-0.05, 0) is 37.5 Å². The fraction of sp³-hybridized carbons (Fsp3) is 0.448. The van der Waals surface area contributed by atoms with Gasteiger partial charge in [0.1, 0.15) is 16.3 Å². The first-order chi connectivity index (χ1) is 21.6. The second kappa shape index (κ2) is 12.7. The minimum atomic E-state index is -4.94. The summed E-state index contributed by atoms with van der Waals surface area (Å²) in [4.78, 5) is 46.7. The summed E-state index contributed by atoms with van der Waals surface area (Å²) < 4.78 is 88.9. The minimum Gasteiger partial charge on any atom is -0.479 e. The van der Waals surface area contributed by atoms with Crippen molar-refractivity contribution < 1.29 is 50.6 Å². The number of carboxylic acids is 1. The van der Waals surface area contributed by atoms with Gasteiger partial charge in [-0.25, -0.2) is 4.79 Å². The van der Waals surface area contributed by atoms with Crippen molar-refractivity contribution in [2.75, 3.05) is 13.1 Å². The number of halogens is 7. The number of fused-ring (bicyclic) bond motifs is 1. The molecule has 5 rings (SSSR count). The Morgan fingerprint density at radius 3 is 2.50 bits per heavy atom. The summed E-state index contributed by atoms with van der Waals surface area (Å²) >= 11 is 7.64. The fourth-order valence-electron chi connectivity index (χ4n) is 6.16. The van der Waals surface area contributed by atoms with E-state index in [9.17, 15) is 45.8 Å². The molecule has 2 aliphatic rings. The van der Waals surface area contributed by atoms with Crippen LogP contribution in [0.25, 0.3) is 0 Å². The Balaban J connectivity index is 1.65. The molecular formula is C29H26ClF6N3O5S2. The molecule has 0 spiro atoms. The van der Waals surface area contributed by atoms with E-state index in [0.717, 1.165) is 38.8 Å². The second-order valence-corrected chi connectivity index (χ2v) is 13.5. The Bertz CT molecular complexity index is 1640. The molecule has 1 N–H and O–H groups in total. The van der Waals surface area contributed by atoms with Gasteiger partial charge in [-0.1, -0.05) is 24.9 Å². The van der Waals surface area contributed by atoms with Crippen LogP contribution in [0.5, 0.6) is 5.75 Å². The molecule has 3 atom stereocenters. The van der Waals surface area contributed by atoms with Gasteiger partial charge in [0.2, 0.25) is 5.60 Å². The third kappa shape index (κ3) is 6.30. The first-order valence-electron chi connectivity index (χ1n) is 14.1. The van der Waals surface area contributed by atoms with E-state index < -0.39 is 64.0 Å². The summed E-state index contributed by atoms with van der Waals surface area (Å²) in [5, 5.41) is 11.3. The molecule has 2 aliphatic heterocycles. The van der Waals surface area contributed by atoms with E-state index in [4.69, 9.17) is 16.3 Å². The maximum atomic E-state index is 14.8. The number of thiophene rings is 2. The van der Waals surface area contributed by atoms with Crippen molar-refractivity contribution >= 4 is 52.1 Å². The number of piperidine rings is 1. The third-order valence-electron chi connectivity index (χ3n) is 8.01.